The molecule has 0 bridgehead atoms. The second kappa shape index (κ2) is 7.49. The van der Waals surface area contributed by atoms with Gasteiger partial charge in [0.15, 0.2) is 11.7 Å². The first-order valence-electron chi connectivity index (χ1n) is 9.44. The van der Waals surface area contributed by atoms with Crippen LogP contribution in [0.3, 0.4) is 0 Å². The molecular formula is C19H22N4O5. The molecule has 0 saturated carbocycles. The van der Waals surface area contributed by atoms with E-state index >= 15 is 0 Å². The van der Waals surface area contributed by atoms with Gasteiger partial charge in [-0.3, -0.25) is 14.8 Å². The van der Waals surface area contributed by atoms with E-state index in [1.165, 1.54) is 4.90 Å². The summed E-state index contributed by atoms with van der Waals surface area (Å²) in [7, 11) is 0. The van der Waals surface area contributed by atoms with E-state index in [0.29, 0.717) is 31.6 Å². The number of ether oxygens (including phenoxy) is 2. The van der Waals surface area contributed by atoms with Crippen LogP contribution in [0.2, 0.25) is 0 Å². The molecule has 2 saturated heterocycles. The van der Waals surface area contributed by atoms with Crippen LogP contribution in [0.5, 0.6) is 0 Å². The molecule has 0 radical (unpaired) electrons. The Balaban J connectivity index is 1.43. The number of aromatic amines is 1. The molecule has 3 heterocycles. The molecule has 148 valence electrons. The van der Waals surface area contributed by atoms with Crippen LogP contribution in [-0.4, -0.2) is 76.4 Å². The number of carbonyl (C=O) groups excluding carboxylic acids is 3. The number of rotatable bonds is 4. The number of amides is 2. The first-order valence-corrected chi connectivity index (χ1v) is 9.44. The first-order chi connectivity index (χ1) is 13.6. The third-order valence-corrected chi connectivity index (χ3v) is 5.29. The van der Waals surface area contributed by atoms with E-state index in [2.05, 4.69) is 10.2 Å². The normalized spacial score (nSPS) is 20.5. The lowest BCUT2D eigenvalue weighted by Crippen LogP contribution is -2.52. The number of aromatic nitrogens is 2. The number of esters is 1. The lowest BCUT2D eigenvalue weighted by atomic mass is 10.0. The summed E-state index contributed by atoms with van der Waals surface area (Å²) >= 11 is 0. The molecule has 0 unspecified atom stereocenters. The Morgan fingerprint density at radius 2 is 2.04 bits per heavy atom. The van der Waals surface area contributed by atoms with E-state index in [4.69, 9.17) is 9.47 Å². The van der Waals surface area contributed by atoms with Gasteiger partial charge in [0.05, 0.1) is 12.1 Å². The summed E-state index contributed by atoms with van der Waals surface area (Å²) in [6.45, 7) is 2.94. The van der Waals surface area contributed by atoms with Crippen molar-refractivity contribution < 1.29 is 23.9 Å². The maximum Gasteiger partial charge on any atom is 0.410 e. The maximum atomic E-state index is 12.9. The third-order valence-electron chi connectivity index (χ3n) is 5.29. The summed E-state index contributed by atoms with van der Waals surface area (Å²) < 4.78 is 10.1. The molecule has 1 aromatic heterocycles. The molecule has 2 aliphatic rings. The predicted octanol–water partition coefficient (Wildman–Crippen LogP) is 1.55. The standard InChI is InChI=1S/C19H22N4O5/c1-2-27-18(25)15-11-28-19(26)23(15)12-7-9-22(10-8-12)17(24)16-13-5-3-4-6-14(13)20-21-16/h3-6,12,15H,2,7-11H2,1H3,(H,20,21)/t15-/m0/s1. The number of nitrogens with zero attached hydrogens (tertiary/aromatic N) is 3. The van der Waals surface area contributed by atoms with Crippen molar-refractivity contribution in [2.24, 2.45) is 0 Å². The number of H-pyrrole nitrogens is 1. The zero-order valence-corrected chi connectivity index (χ0v) is 15.6. The van der Waals surface area contributed by atoms with Crippen LogP contribution in [0, 0.1) is 0 Å². The third kappa shape index (κ3) is 3.17. The van der Waals surface area contributed by atoms with Crippen molar-refractivity contribution in [1.82, 2.24) is 20.0 Å². The smallest absolute Gasteiger partial charge is 0.410 e. The van der Waals surface area contributed by atoms with Crippen LogP contribution in [0.4, 0.5) is 4.79 Å². The molecule has 2 amide bonds. The summed E-state index contributed by atoms with van der Waals surface area (Å²) in [6, 6.07) is 6.62. The molecule has 1 atom stereocenters. The number of nitrogens with one attached hydrogen (secondary N) is 1. The highest BCUT2D eigenvalue weighted by Crippen LogP contribution is 2.26. The number of cyclic esters (lactones) is 1. The lowest BCUT2D eigenvalue weighted by Gasteiger charge is -2.37. The van der Waals surface area contributed by atoms with Crippen LogP contribution in [0.25, 0.3) is 10.9 Å². The zero-order chi connectivity index (χ0) is 19.7. The van der Waals surface area contributed by atoms with Gasteiger partial charge in [-0.15, -0.1) is 0 Å². The van der Waals surface area contributed by atoms with E-state index < -0.39 is 18.1 Å². The molecule has 1 N–H and O–H groups in total. The number of benzene rings is 1. The van der Waals surface area contributed by atoms with E-state index in [-0.39, 0.29) is 25.2 Å². The average Bonchev–Trinajstić information content (AvgIpc) is 3.31. The van der Waals surface area contributed by atoms with E-state index in [9.17, 15) is 14.4 Å². The van der Waals surface area contributed by atoms with Gasteiger partial charge < -0.3 is 14.4 Å². The van der Waals surface area contributed by atoms with Gasteiger partial charge in [-0.2, -0.15) is 5.10 Å². The lowest BCUT2D eigenvalue weighted by molar-refractivity contribution is -0.148. The quantitative estimate of drug-likeness (QED) is 0.800. The van der Waals surface area contributed by atoms with Gasteiger partial charge in [0.2, 0.25) is 0 Å². The molecule has 0 spiro atoms. The van der Waals surface area contributed by atoms with Crippen LogP contribution in [0.1, 0.15) is 30.3 Å². The minimum Gasteiger partial charge on any atom is -0.464 e. The molecular weight excluding hydrogens is 364 g/mol. The second-order valence-electron chi connectivity index (χ2n) is 6.89. The molecule has 2 aliphatic heterocycles. The fourth-order valence-electron chi connectivity index (χ4n) is 3.88. The fourth-order valence-corrected chi connectivity index (χ4v) is 3.88. The zero-order valence-electron chi connectivity index (χ0n) is 15.6. The Morgan fingerprint density at radius 1 is 1.29 bits per heavy atom. The summed E-state index contributed by atoms with van der Waals surface area (Å²) in [6.07, 6.45) is 0.638. The highest BCUT2D eigenvalue weighted by Gasteiger charge is 2.44. The Labute approximate surface area is 161 Å². The summed E-state index contributed by atoms with van der Waals surface area (Å²) in [5, 5.41) is 7.84. The Hall–Kier alpha value is -3.10. The first kappa shape index (κ1) is 18.3. The molecule has 2 fully saturated rings. The van der Waals surface area contributed by atoms with Crippen molar-refractivity contribution in [3.05, 3.63) is 30.0 Å². The van der Waals surface area contributed by atoms with Gasteiger partial charge in [0, 0.05) is 24.5 Å². The topological polar surface area (TPSA) is 105 Å². The summed E-state index contributed by atoms with van der Waals surface area (Å²) in [4.78, 5) is 40.4. The summed E-state index contributed by atoms with van der Waals surface area (Å²) in [5.74, 6) is -0.586. The number of carbonyl (C=O) groups is 3. The minimum atomic E-state index is -0.713. The molecule has 2 aromatic rings. The van der Waals surface area contributed by atoms with Crippen LogP contribution in [-0.2, 0) is 14.3 Å². The van der Waals surface area contributed by atoms with Crippen molar-refractivity contribution in [2.75, 3.05) is 26.3 Å². The second-order valence-corrected chi connectivity index (χ2v) is 6.89. The largest absolute Gasteiger partial charge is 0.464 e. The van der Waals surface area contributed by atoms with E-state index in [0.717, 1.165) is 10.9 Å². The van der Waals surface area contributed by atoms with E-state index in [1.54, 1.807) is 11.8 Å². The highest BCUT2D eigenvalue weighted by molar-refractivity contribution is 6.04. The van der Waals surface area contributed by atoms with Gasteiger partial charge in [-0.1, -0.05) is 18.2 Å². The number of hydrogen-bond acceptors (Lipinski definition) is 6. The molecule has 28 heavy (non-hydrogen) atoms. The van der Waals surface area contributed by atoms with Gasteiger partial charge in [-0.25, -0.2) is 9.59 Å². The van der Waals surface area contributed by atoms with Crippen molar-refractivity contribution in [3.63, 3.8) is 0 Å². The highest BCUT2D eigenvalue weighted by atomic mass is 16.6. The predicted molar refractivity (Wildman–Crippen MR) is 98.6 cm³/mol. The SMILES string of the molecule is CCOC(=O)[C@@H]1COC(=O)N1C1CCN(C(=O)c2n[nH]c3ccccc23)CC1. The van der Waals surface area contributed by atoms with Gasteiger partial charge >= 0.3 is 12.1 Å². The minimum absolute atomic E-state index is 0.00999. The van der Waals surface area contributed by atoms with Gasteiger partial charge in [0.25, 0.3) is 5.91 Å². The maximum absolute atomic E-state index is 12.9. The molecule has 4 rings (SSSR count). The van der Waals surface area contributed by atoms with Crippen molar-refractivity contribution in [2.45, 2.75) is 31.8 Å². The van der Waals surface area contributed by atoms with Crippen molar-refractivity contribution in [3.8, 4) is 0 Å². The number of likely N-dealkylation sites (tertiary alicyclic amines) is 1. The Bertz CT molecular complexity index is 903. The van der Waals surface area contributed by atoms with Crippen molar-refractivity contribution >= 4 is 28.9 Å². The molecule has 1 aromatic carbocycles. The van der Waals surface area contributed by atoms with Gasteiger partial charge in [0.1, 0.15) is 6.61 Å². The number of hydrogen-bond donors (Lipinski definition) is 1. The molecule has 0 aliphatic carbocycles. The molecule has 9 heteroatoms. The average molecular weight is 386 g/mol. The van der Waals surface area contributed by atoms with Crippen LogP contribution < -0.4 is 0 Å². The van der Waals surface area contributed by atoms with Crippen LogP contribution in [0.15, 0.2) is 24.3 Å². The van der Waals surface area contributed by atoms with E-state index in [1.807, 2.05) is 24.3 Å². The Kier molecular flexibility index (Phi) is 4.89. The van der Waals surface area contributed by atoms with Crippen molar-refractivity contribution in [1.29, 1.82) is 0 Å². The summed E-state index contributed by atoms with van der Waals surface area (Å²) in [5.41, 5.74) is 1.22. The number of piperidine rings is 1. The monoisotopic (exact) mass is 386 g/mol. The number of para-hydroxylation sites is 1. The fraction of sp³-hybridized carbons (Fsp3) is 0.474. The van der Waals surface area contributed by atoms with Gasteiger partial charge in [-0.05, 0) is 25.8 Å². The van der Waals surface area contributed by atoms with Crippen LogP contribution >= 0.6 is 0 Å². The number of fused-ring (bicyclic) bond motifs is 1. The molecule has 9 nitrogen and oxygen atoms in total. The Morgan fingerprint density at radius 3 is 2.79 bits per heavy atom.